The van der Waals surface area contributed by atoms with E-state index in [4.69, 9.17) is 17.3 Å². The second-order valence-corrected chi connectivity index (χ2v) is 14.1. The third-order valence-electron chi connectivity index (χ3n) is 8.62. The van der Waals surface area contributed by atoms with Crippen molar-refractivity contribution in [2.75, 3.05) is 0 Å². The number of aliphatic carboxylic acids is 2. The minimum absolute atomic E-state index is 0.0237. The number of carboxylic acid groups (broad SMARTS) is 2. The standard InChI is InChI=1S/C35H51ClN6O10/c1-19(2)15-25(32(48)42-28(35(51)52)17-22-9-11-23(36)12-10-22)39-34(50)27(18-30(45)46)41-33(49)26(16-21-7-5-4-6-8-21)40-31(47)24(38-20(3)43)13-14-29(37)44/h9-12,19,21,24-28H,4-8,13-18H2,1-3H3,(H2,37,44)(H,38,43)(H,39,50)(H,40,47)(H,41,49)(H,42,48)(H,45,46)(H,51,52)/t24-,25-,26-,27-,28-/m0/s1. The van der Waals surface area contributed by atoms with Gasteiger partial charge in [0.25, 0.3) is 0 Å². The number of hydrogen-bond acceptors (Lipinski definition) is 8. The molecule has 0 spiro atoms. The van der Waals surface area contributed by atoms with Crippen molar-refractivity contribution in [2.24, 2.45) is 17.6 Å². The van der Waals surface area contributed by atoms with Gasteiger partial charge < -0.3 is 42.5 Å². The fourth-order valence-electron chi connectivity index (χ4n) is 6.02. The van der Waals surface area contributed by atoms with Crippen molar-refractivity contribution in [3.63, 3.8) is 0 Å². The second kappa shape index (κ2) is 21.6. The number of carbonyl (C=O) groups excluding carboxylic acids is 6. The smallest absolute Gasteiger partial charge is 0.326 e. The van der Waals surface area contributed by atoms with E-state index in [1.807, 2.05) is 0 Å². The summed E-state index contributed by atoms with van der Waals surface area (Å²) in [5, 5.41) is 32.3. The number of benzene rings is 1. The summed E-state index contributed by atoms with van der Waals surface area (Å²) in [6, 6.07) is -0.428. The monoisotopic (exact) mass is 750 g/mol. The lowest BCUT2D eigenvalue weighted by Gasteiger charge is -2.29. The zero-order valence-corrected chi connectivity index (χ0v) is 30.5. The number of amides is 6. The molecule has 9 N–H and O–H groups in total. The highest BCUT2D eigenvalue weighted by molar-refractivity contribution is 6.30. The van der Waals surface area contributed by atoms with Crippen LogP contribution >= 0.6 is 11.6 Å². The fourth-order valence-corrected chi connectivity index (χ4v) is 6.15. The Balaban J connectivity index is 2.29. The summed E-state index contributed by atoms with van der Waals surface area (Å²) in [4.78, 5) is 101. The third-order valence-corrected chi connectivity index (χ3v) is 8.87. The molecule has 1 aliphatic carbocycles. The molecule has 0 aromatic heterocycles. The fraction of sp³-hybridized carbons (Fsp3) is 0.600. The summed E-state index contributed by atoms with van der Waals surface area (Å²) in [5.41, 5.74) is 5.81. The van der Waals surface area contributed by atoms with Gasteiger partial charge in [0.2, 0.25) is 35.4 Å². The Morgan fingerprint density at radius 3 is 1.81 bits per heavy atom. The topological polar surface area (TPSA) is 263 Å². The molecule has 1 aliphatic rings. The lowest BCUT2D eigenvalue weighted by atomic mass is 9.84. The predicted molar refractivity (Wildman–Crippen MR) is 189 cm³/mol. The van der Waals surface area contributed by atoms with Crippen LogP contribution in [0, 0.1) is 11.8 Å². The van der Waals surface area contributed by atoms with E-state index in [0.29, 0.717) is 10.6 Å². The highest BCUT2D eigenvalue weighted by Gasteiger charge is 2.35. The van der Waals surface area contributed by atoms with Crippen molar-refractivity contribution < 1.29 is 48.6 Å². The Labute approximate surface area is 307 Å². The molecule has 16 nitrogen and oxygen atoms in total. The summed E-state index contributed by atoms with van der Waals surface area (Å²) in [5.74, 6) is -7.66. The van der Waals surface area contributed by atoms with E-state index in [9.17, 15) is 48.6 Å². The normalized spacial score (nSPS) is 15.9. The van der Waals surface area contributed by atoms with Crippen molar-refractivity contribution in [3.8, 4) is 0 Å². The Morgan fingerprint density at radius 2 is 1.27 bits per heavy atom. The van der Waals surface area contributed by atoms with E-state index >= 15 is 0 Å². The molecule has 0 saturated heterocycles. The lowest BCUT2D eigenvalue weighted by molar-refractivity contribution is -0.143. The minimum atomic E-state index is -1.69. The number of hydrogen-bond donors (Lipinski definition) is 8. The summed E-state index contributed by atoms with van der Waals surface area (Å²) in [7, 11) is 0. The third kappa shape index (κ3) is 16.1. The molecular formula is C35H51ClN6O10. The van der Waals surface area contributed by atoms with Crippen LogP contribution in [0.1, 0.15) is 90.5 Å². The average Bonchev–Trinajstić information content (AvgIpc) is 3.05. The molecule has 1 aromatic rings. The van der Waals surface area contributed by atoms with Gasteiger partial charge in [0.05, 0.1) is 6.42 Å². The van der Waals surface area contributed by atoms with Gasteiger partial charge in [0.15, 0.2) is 0 Å². The van der Waals surface area contributed by atoms with Crippen LogP contribution in [0.25, 0.3) is 0 Å². The van der Waals surface area contributed by atoms with Crippen LogP contribution in [0.3, 0.4) is 0 Å². The van der Waals surface area contributed by atoms with Crippen LogP contribution in [-0.2, 0) is 44.8 Å². The number of nitrogens with two attached hydrogens (primary N) is 1. The van der Waals surface area contributed by atoms with Gasteiger partial charge in [0, 0.05) is 24.8 Å². The summed E-state index contributed by atoms with van der Waals surface area (Å²) in [6.07, 6.45) is 3.27. The maximum Gasteiger partial charge on any atom is 0.326 e. The van der Waals surface area contributed by atoms with E-state index < -0.39 is 84.0 Å². The van der Waals surface area contributed by atoms with Gasteiger partial charge in [-0.15, -0.1) is 0 Å². The highest BCUT2D eigenvalue weighted by Crippen LogP contribution is 2.27. The largest absolute Gasteiger partial charge is 0.481 e. The van der Waals surface area contributed by atoms with Crippen LogP contribution in [0.5, 0.6) is 0 Å². The predicted octanol–water partition coefficient (Wildman–Crippen LogP) is 1.17. The Hall–Kier alpha value is -4.73. The van der Waals surface area contributed by atoms with Gasteiger partial charge >= 0.3 is 11.9 Å². The van der Waals surface area contributed by atoms with Crippen LogP contribution in [0.2, 0.25) is 5.02 Å². The number of nitrogens with one attached hydrogen (secondary N) is 5. The summed E-state index contributed by atoms with van der Waals surface area (Å²) < 4.78 is 0. The van der Waals surface area contributed by atoms with Crippen molar-refractivity contribution >= 4 is 59.0 Å². The first-order valence-corrected chi connectivity index (χ1v) is 17.8. The molecule has 17 heteroatoms. The molecule has 5 atom stereocenters. The van der Waals surface area contributed by atoms with E-state index in [2.05, 4.69) is 26.6 Å². The molecule has 0 aliphatic heterocycles. The molecular weight excluding hydrogens is 700 g/mol. The maximum atomic E-state index is 13.8. The Bertz CT molecular complexity index is 1430. The Morgan fingerprint density at radius 1 is 0.750 bits per heavy atom. The second-order valence-electron chi connectivity index (χ2n) is 13.6. The van der Waals surface area contributed by atoms with E-state index in [-0.39, 0.29) is 43.9 Å². The molecule has 0 radical (unpaired) electrons. The molecule has 0 unspecified atom stereocenters. The van der Waals surface area contributed by atoms with Crippen LogP contribution < -0.4 is 32.3 Å². The van der Waals surface area contributed by atoms with Crippen molar-refractivity contribution in [3.05, 3.63) is 34.9 Å². The zero-order valence-electron chi connectivity index (χ0n) is 29.7. The first kappa shape index (κ1) is 43.4. The van der Waals surface area contributed by atoms with Gasteiger partial charge in [-0.1, -0.05) is 69.7 Å². The van der Waals surface area contributed by atoms with E-state index in [1.165, 1.54) is 6.92 Å². The number of rotatable bonds is 21. The highest BCUT2D eigenvalue weighted by atomic mass is 35.5. The van der Waals surface area contributed by atoms with Crippen molar-refractivity contribution in [1.29, 1.82) is 0 Å². The van der Waals surface area contributed by atoms with E-state index in [0.717, 1.165) is 32.1 Å². The van der Waals surface area contributed by atoms with Gasteiger partial charge in [-0.05, 0) is 48.8 Å². The first-order chi connectivity index (χ1) is 24.4. The van der Waals surface area contributed by atoms with Gasteiger partial charge in [0.1, 0.15) is 30.2 Å². The van der Waals surface area contributed by atoms with Crippen LogP contribution in [-0.4, -0.2) is 87.8 Å². The number of halogens is 1. The molecule has 1 fully saturated rings. The molecule has 0 bridgehead atoms. The molecule has 2 rings (SSSR count). The number of carbonyl (C=O) groups is 8. The van der Waals surface area contributed by atoms with Gasteiger partial charge in [-0.3, -0.25) is 33.6 Å². The Kier molecular flexibility index (Phi) is 18.0. The van der Waals surface area contributed by atoms with Gasteiger partial charge in [-0.25, -0.2) is 4.79 Å². The summed E-state index contributed by atoms with van der Waals surface area (Å²) >= 11 is 5.92. The maximum absolute atomic E-state index is 13.8. The SMILES string of the molecule is CC(=O)N[C@@H](CCC(N)=O)C(=O)N[C@@H](CC1CCCCC1)C(=O)N[C@@H](CC(=O)O)C(=O)N[C@@H](CC(C)C)C(=O)N[C@@H](Cc1ccc(Cl)cc1)C(=O)O. The first-order valence-electron chi connectivity index (χ1n) is 17.4. The van der Waals surface area contributed by atoms with Crippen LogP contribution in [0.15, 0.2) is 24.3 Å². The molecule has 1 aromatic carbocycles. The minimum Gasteiger partial charge on any atom is -0.481 e. The quantitative estimate of drug-likeness (QED) is 0.0889. The van der Waals surface area contributed by atoms with Crippen molar-refractivity contribution in [1.82, 2.24) is 26.6 Å². The molecule has 288 valence electrons. The summed E-state index contributed by atoms with van der Waals surface area (Å²) in [6.45, 7) is 4.71. The number of primary amides is 1. The van der Waals surface area contributed by atoms with Gasteiger partial charge in [-0.2, -0.15) is 0 Å². The zero-order chi connectivity index (χ0) is 39.0. The lowest BCUT2D eigenvalue weighted by Crippen LogP contribution is -2.59. The molecule has 6 amide bonds. The molecule has 1 saturated carbocycles. The van der Waals surface area contributed by atoms with E-state index in [1.54, 1.807) is 38.1 Å². The van der Waals surface area contributed by atoms with Crippen molar-refractivity contribution in [2.45, 2.75) is 122 Å². The number of carboxylic acids is 2. The molecule has 0 heterocycles. The average molecular weight is 751 g/mol. The molecule has 52 heavy (non-hydrogen) atoms. The van der Waals surface area contributed by atoms with Crippen LogP contribution in [0.4, 0.5) is 0 Å².